The molecule has 0 aliphatic carbocycles. The van der Waals surface area contributed by atoms with E-state index in [1.165, 1.54) is 0 Å². The summed E-state index contributed by atoms with van der Waals surface area (Å²) < 4.78 is 91.2. The molecule has 17 heavy (non-hydrogen) atoms. The Hall–Kier alpha value is -1.19. The maximum atomic E-state index is 12.3. The van der Waals surface area contributed by atoms with Crippen molar-refractivity contribution in [3.05, 3.63) is 24.3 Å². The van der Waals surface area contributed by atoms with E-state index in [1.807, 2.05) is 0 Å². The largest absolute Gasteiger partial charge is 0.509 e. The van der Waals surface area contributed by atoms with Crippen LogP contribution in [0.2, 0.25) is 0 Å². The van der Waals surface area contributed by atoms with Gasteiger partial charge in [0.05, 0.1) is 4.90 Å². The van der Waals surface area contributed by atoms with Gasteiger partial charge < -0.3 is 12.9 Å². The summed E-state index contributed by atoms with van der Waals surface area (Å²) in [5.74, 6) is 0. The molecule has 96 valence electrons. The maximum Gasteiger partial charge on any atom is 0.509 e. The van der Waals surface area contributed by atoms with E-state index in [2.05, 4.69) is 0 Å². The molecule has 0 spiro atoms. The van der Waals surface area contributed by atoms with Crippen LogP contribution in [0.15, 0.2) is 29.2 Å². The third kappa shape index (κ3) is 2.74. The van der Waals surface area contributed by atoms with E-state index >= 15 is 0 Å². The minimum Gasteiger partial charge on any atom is -0.445 e. The summed E-state index contributed by atoms with van der Waals surface area (Å²) in [5, 5.41) is 0. The maximum absolute atomic E-state index is 12.3. The average molecular weight is 276 g/mol. The van der Waals surface area contributed by atoms with Crippen LogP contribution in [-0.2, 0) is 9.73 Å². The summed E-state index contributed by atoms with van der Waals surface area (Å²) in [6, 6.07) is 1.95. The summed E-state index contributed by atoms with van der Waals surface area (Å²) >= 11 is 0. The lowest BCUT2D eigenvalue weighted by molar-refractivity contribution is -0.0406. The lowest BCUT2D eigenvalue weighted by atomic mass is 9.80. The number of nitrogens with one attached hydrogen (secondary N) is 1. The molecule has 0 aromatic heterocycles. The zero-order valence-corrected chi connectivity index (χ0v) is 8.79. The van der Waals surface area contributed by atoms with Crippen molar-refractivity contribution in [3.63, 3.8) is 0 Å². The summed E-state index contributed by atoms with van der Waals surface area (Å²) in [7, 11) is -5.25. The first-order valence-corrected chi connectivity index (χ1v) is 5.67. The molecule has 0 bridgehead atoms. The molecule has 1 unspecified atom stereocenters. The monoisotopic (exact) mass is 276 g/mol. The number of halogens is 6. The Balaban J connectivity index is 3.37. The van der Waals surface area contributed by atoms with Crippen LogP contribution < -0.4 is 5.46 Å². The van der Waals surface area contributed by atoms with Gasteiger partial charge >= 0.3 is 12.5 Å². The smallest absolute Gasteiger partial charge is 0.445 e. The summed E-state index contributed by atoms with van der Waals surface area (Å²) in [4.78, 5) is -1.19. The Morgan fingerprint density at radius 2 is 1.71 bits per heavy atom. The van der Waals surface area contributed by atoms with Gasteiger partial charge in [0, 0.05) is 0 Å². The van der Waals surface area contributed by atoms with E-state index in [0.717, 1.165) is 0 Å². The number of benzene rings is 1. The Morgan fingerprint density at radius 3 is 2.12 bits per heavy atom. The average Bonchev–Trinajstić information content (AvgIpc) is 2.15. The van der Waals surface area contributed by atoms with Crippen molar-refractivity contribution in [3.8, 4) is 0 Å². The first-order chi connectivity index (χ1) is 7.46. The molecule has 10 heteroatoms. The first kappa shape index (κ1) is 13.9. The van der Waals surface area contributed by atoms with Gasteiger partial charge in [0.25, 0.3) is 0 Å². The van der Waals surface area contributed by atoms with Crippen LogP contribution in [0.4, 0.5) is 26.1 Å². The van der Waals surface area contributed by atoms with Gasteiger partial charge in [-0.25, -0.2) is 8.99 Å². The van der Waals surface area contributed by atoms with Gasteiger partial charge in [-0.3, -0.25) is 0 Å². The molecule has 0 radical (unpaired) electrons. The minimum atomic E-state index is -5.49. The number of rotatable bonds is 2. The van der Waals surface area contributed by atoms with Gasteiger partial charge in [0.1, 0.15) is 0 Å². The number of hydrogen-bond acceptors (Lipinski definition) is 2. The molecule has 0 fully saturated rings. The zero-order chi connectivity index (χ0) is 13.5. The highest BCUT2D eigenvalue weighted by molar-refractivity contribution is 7.93. The van der Waals surface area contributed by atoms with Crippen LogP contribution in [0.3, 0.4) is 0 Å². The van der Waals surface area contributed by atoms with Gasteiger partial charge in [-0.1, -0.05) is 18.2 Å². The second-order valence-electron chi connectivity index (χ2n) is 3.15. The van der Waals surface area contributed by atoms with Crippen molar-refractivity contribution in [2.75, 3.05) is 0 Å². The molecule has 0 amide bonds. The van der Waals surface area contributed by atoms with E-state index in [1.54, 1.807) is 0 Å². The molecule has 0 saturated carbocycles. The second-order valence-corrected chi connectivity index (χ2v) is 5.20. The fourth-order valence-corrected chi connectivity index (χ4v) is 1.87. The molecule has 0 aliphatic rings. The molecule has 0 saturated heterocycles. The van der Waals surface area contributed by atoms with Crippen molar-refractivity contribution >= 4 is 22.2 Å². The number of alkyl halides is 3. The predicted octanol–water partition coefficient (Wildman–Crippen LogP) is 2.67. The van der Waals surface area contributed by atoms with Crippen LogP contribution in [0.5, 0.6) is 0 Å². The summed E-state index contributed by atoms with van der Waals surface area (Å²) in [6.07, 6.45) is 0. The SMILES string of the molecule is N=S(=O)(c1cccc([B-](F)(F)F)c1)C(F)(F)F. The molecule has 1 aromatic carbocycles. The van der Waals surface area contributed by atoms with Crippen LogP contribution in [0.1, 0.15) is 0 Å². The van der Waals surface area contributed by atoms with Crippen LogP contribution >= 0.6 is 0 Å². The molecule has 1 N–H and O–H groups in total. The summed E-state index contributed by atoms with van der Waals surface area (Å²) in [5.41, 5.74) is -6.71. The molecular weight excluding hydrogens is 271 g/mol. The molecule has 0 heterocycles. The van der Waals surface area contributed by atoms with Gasteiger partial charge in [0.15, 0.2) is 9.73 Å². The third-order valence-electron chi connectivity index (χ3n) is 1.89. The van der Waals surface area contributed by atoms with E-state index in [-0.39, 0.29) is 6.07 Å². The Labute approximate surface area is 92.7 Å². The quantitative estimate of drug-likeness (QED) is 0.654. The summed E-state index contributed by atoms with van der Waals surface area (Å²) in [6.45, 7) is -5.49. The lowest BCUT2D eigenvalue weighted by Gasteiger charge is -2.17. The second kappa shape index (κ2) is 3.93. The van der Waals surface area contributed by atoms with Crippen molar-refractivity contribution in [2.24, 2.45) is 0 Å². The van der Waals surface area contributed by atoms with Gasteiger partial charge in [-0.15, -0.1) is 5.46 Å². The highest BCUT2D eigenvalue weighted by atomic mass is 32.2. The molecule has 1 rings (SSSR count). The topological polar surface area (TPSA) is 40.9 Å². The first-order valence-electron chi connectivity index (χ1n) is 4.11. The van der Waals surface area contributed by atoms with Crippen LogP contribution in [-0.4, -0.2) is 16.7 Å². The molecule has 1 atom stereocenters. The molecule has 0 aliphatic heterocycles. The standard InChI is InChI=1S/C7H5BF6NOS/c9-7(10,11)17(15,16)6-3-1-2-5(4-6)8(12,13)14/h1-4,15H/q-1. The Bertz CT molecular complexity index is 520. The highest BCUT2D eigenvalue weighted by Gasteiger charge is 2.43. The van der Waals surface area contributed by atoms with E-state index in [4.69, 9.17) is 4.78 Å². The predicted molar refractivity (Wildman–Crippen MR) is 50.3 cm³/mol. The third-order valence-corrected chi connectivity index (χ3v) is 3.46. The highest BCUT2D eigenvalue weighted by Crippen LogP contribution is 2.30. The van der Waals surface area contributed by atoms with Crippen LogP contribution in [0, 0.1) is 4.78 Å². The molecule has 1 aromatic rings. The Kier molecular flexibility index (Phi) is 3.21. The van der Waals surface area contributed by atoms with Gasteiger partial charge in [0.2, 0.25) is 0 Å². The van der Waals surface area contributed by atoms with Crippen molar-refractivity contribution < 1.29 is 30.3 Å². The van der Waals surface area contributed by atoms with Crippen LogP contribution in [0.25, 0.3) is 0 Å². The number of hydrogen-bond donors (Lipinski definition) is 1. The fraction of sp³-hybridized carbons (Fsp3) is 0.143. The van der Waals surface area contributed by atoms with Crippen molar-refractivity contribution in [2.45, 2.75) is 10.4 Å². The van der Waals surface area contributed by atoms with Gasteiger partial charge in [-0.05, 0) is 6.07 Å². The van der Waals surface area contributed by atoms with Gasteiger partial charge in [-0.2, -0.15) is 13.2 Å². The van der Waals surface area contributed by atoms with Crippen molar-refractivity contribution in [1.82, 2.24) is 0 Å². The Morgan fingerprint density at radius 1 is 1.18 bits per heavy atom. The van der Waals surface area contributed by atoms with E-state index in [9.17, 15) is 30.3 Å². The minimum absolute atomic E-state index is 0.100. The lowest BCUT2D eigenvalue weighted by Crippen LogP contribution is -2.35. The molecular formula is C7H5BF6NOS-. The fourth-order valence-electron chi connectivity index (χ4n) is 1.03. The van der Waals surface area contributed by atoms with Crippen molar-refractivity contribution in [1.29, 1.82) is 4.78 Å². The van der Waals surface area contributed by atoms with E-state index in [0.29, 0.717) is 18.2 Å². The normalized spacial score (nSPS) is 16.6. The van der Waals surface area contributed by atoms with E-state index < -0.39 is 32.6 Å². The molecule has 2 nitrogen and oxygen atoms in total. The zero-order valence-electron chi connectivity index (χ0n) is 7.97.